The van der Waals surface area contributed by atoms with Gasteiger partial charge in [-0.2, -0.15) is 0 Å². The quantitative estimate of drug-likeness (QED) is 0.256. The molecular weight excluding hydrogens is 419 g/mol. The van der Waals surface area contributed by atoms with Crippen molar-refractivity contribution >= 4 is 36.9 Å². The molecule has 0 saturated carbocycles. The Labute approximate surface area is 154 Å². The number of carbonyl (C=O) groups excluding carboxylic acids is 1. The van der Waals surface area contributed by atoms with Crippen LogP contribution >= 0.6 is 22.6 Å². The van der Waals surface area contributed by atoms with E-state index < -0.39 is 8.32 Å². The van der Waals surface area contributed by atoms with Gasteiger partial charge in [-0.25, -0.2) is 4.79 Å². The van der Waals surface area contributed by atoms with Crippen molar-refractivity contribution in [2.45, 2.75) is 52.2 Å². The molecule has 0 aliphatic heterocycles. The summed E-state index contributed by atoms with van der Waals surface area (Å²) < 4.78 is 12.5. The zero-order valence-corrected chi connectivity index (χ0v) is 18.1. The van der Waals surface area contributed by atoms with Crippen LogP contribution in [0.4, 0.5) is 0 Å². The molecule has 0 unspecified atom stereocenters. The molecular formula is C18H27IO3Si. The van der Waals surface area contributed by atoms with Gasteiger partial charge in [0, 0.05) is 6.08 Å². The van der Waals surface area contributed by atoms with Crippen molar-refractivity contribution in [3.8, 4) is 5.75 Å². The number of para-hydroxylation sites is 1. The first-order chi connectivity index (χ1) is 10.6. The molecule has 0 fully saturated rings. The molecule has 0 bridgehead atoms. The van der Waals surface area contributed by atoms with Crippen LogP contribution in [-0.2, 0) is 16.0 Å². The van der Waals surface area contributed by atoms with Gasteiger partial charge in [-0.05, 0) is 65.7 Å². The van der Waals surface area contributed by atoms with Crippen molar-refractivity contribution in [3.05, 3.63) is 39.5 Å². The van der Waals surface area contributed by atoms with Crippen LogP contribution in [0.1, 0.15) is 33.3 Å². The monoisotopic (exact) mass is 446 g/mol. The number of hydrogen-bond acceptors (Lipinski definition) is 3. The maximum Gasteiger partial charge on any atom is 0.330 e. The normalized spacial score (nSPS) is 12.5. The van der Waals surface area contributed by atoms with E-state index in [4.69, 9.17) is 9.16 Å². The minimum atomic E-state index is -1.90. The largest absolute Gasteiger partial charge is 0.543 e. The van der Waals surface area contributed by atoms with E-state index in [1.165, 1.54) is 6.08 Å². The summed E-state index contributed by atoms with van der Waals surface area (Å²) in [5.74, 6) is 0.651. The fourth-order valence-corrected chi connectivity index (χ4v) is 3.64. The molecule has 0 aromatic heterocycles. The molecule has 1 aromatic carbocycles. The number of ether oxygens (including phenoxy) is 1. The van der Waals surface area contributed by atoms with Crippen LogP contribution in [0.25, 0.3) is 0 Å². The second-order valence-electron chi connectivity index (χ2n) is 6.95. The summed E-state index contributed by atoms with van der Waals surface area (Å²) in [5.41, 5.74) is 1.10. The standard InChI is InChI=1S/C18H27IO3Si/c1-7-21-16(20)13-9-11-14-10-8-12-15(19)17(14)22-23(5,6)18(2,3)4/h8-10,12-13H,7,11H2,1-6H3/b13-9+. The third-order valence-electron chi connectivity index (χ3n) is 4.09. The maximum atomic E-state index is 11.4. The van der Waals surface area contributed by atoms with E-state index >= 15 is 0 Å². The summed E-state index contributed by atoms with van der Waals surface area (Å²) in [6, 6.07) is 6.13. The van der Waals surface area contributed by atoms with E-state index in [9.17, 15) is 4.79 Å². The predicted octanol–water partition coefficient (Wildman–Crippen LogP) is 5.34. The van der Waals surface area contributed by atoms with Gasteiger partial charge in [-0.15, -0.1) is 0 Å². The lowest BCUT2D eigenvalue weighted by molar-refractivity contribution is -0.137. The molecule has 0 amide bonds. The molecule has 0 aliphatic rings. The Hall–Kier alpha value is -0.823. The molecule has 3 nitrogen and oxygen atoms in total. The fourth-order valence-electron chi connectivity index (χ4n) is 1.71. The fraction of sp³-hybridized carbons (Fsp3) is 0.500. The van der Waals surface area contributed by atoms with Crippen LogP contribution in [0.15, 0.2) is 30.4 Å². The van der Waals surface area contributed by atoms with Gasteiger partial charge in [0.25, 0.3) is 8.32 Å². The van der Waals surface area contributed by atoms with E-state index in [2.05, 4.69) is 68.6 Å². The summed E-state index contributed by atoms with van der Waals surface area (Å²) >= 11 is 2.31. The third-order valence-corrected chi connectivity index (χ3v) is 9.27. The highest BCUT2D eigenvalue weighted by Crippen LogP contribution is 2.39. The van der Waals surface area contributed by atoms with Crippen molar-refractivity contribution in [2.24, 2.45) is 0 Å². The highest BCUT2D eigenvalue weighted by molar-refractivity contribution is 14.1. The van der Waals surface area contributed by atoms with E-state index in [1.54, 1.807) is 6.92 Å². The molecule has 0 saturated heterocycles. The zero-order chi connectivity index (χ0) is 17.7. The smallest absolute Gasteiger partial charge is 0.330 e. The first-order valence-electron chi connectivity index (χ1n) is 7.88. The van der Waals surface area contributed by atoms with Crippen molar-refractivity contribution in [2.75, 3.05) is 6.61 Å². The number of esters is 1. The third kappa shape index (κ3) is 5.95. The summed E-state index contributed by atoms with van der Waals surface area (Å²) in [6.07, 6.45) is 3.97. The van der Waals surface area contributed by atoms with Gasteiger partial charge in [0.05, 0.1) is 10.2 Å². The summed E-state index contributed by atoms with van der Waals surface area (Å²) in [4.78, 5) is 11.4. The van der Waals surface area contributed by atoms with Gasteiger partial charge in [-0.3, -0.25) is 0 Å². The first kappa shape index (κ1) is 20.2. The van der Waals surface area contributed by atoms with Crippen LogP contribution in [0.5, 0.6) is 5.75 Å². The number of rotatable bonds is 6. The van der Waals surface area contributed by atoms with Gasteiger partial charge in [0.2, 0.25) is 0 Å². The molecule has 0 N–H and O–H groups in total. The molecule has 0 heterocycles. The van der Waals surface area contributed by atoms with Gasteiger partial charge in [0.1, 0.15) is 5.75 Å². The topological polar surface area (TPSA) is 35.5 Å². The van der Waals surface area contributed by atoms with Crippen molar-refractivity contribution in [3.63, 3.8) is 0 Å². The van der Waals surface area contributed by atoms with Crippen molar-refractivity contribution < 1.29 is 14.0 Å². The second kappa shape index (κ2) is 8.33. The molecule has 23 heavy (non-hydrogen) atoms. The minimum Gasteiger partial charge on any atom is -0.543 e. The Morgan fingerprint density at radius 3 is 2.52 bits per heavy atom. The van der Waals surface area contributed by atoms with Crippen LogP contribution < -0.4 is 4.43 Å². The number of allylic oxidation sites excluding steroid dienone is 1. The molecule has 1 rings (SSSR count). The molecule has 5 heteroatoms. The number of hydrogen-bond donors (Lipinski definition) is 0. The Morgan fingerprint density at radius 1 is 1.30 bits per heavy atom. The number of benzene rings is 1. The molecule has 0 aliphatic carbocycles. The Balaban J connectivity index is 2.99. The van der Waals surface area contributed by atoms with Crippen molar-refractivity contribution in [1.82, 2.24) is 0 Å². The first-order valence-corrected chi connectivity index (χ1v) is 11.9. The van der Waals surface area contributed by atoms with Crippen LogP contribution in [0.2, 0.25) is 18.1 Å². The summed E-state index contributed by atoms with van der Waals surface area (Å²) in [6.45, 7) is 13.4. The van der Waals surface area contributed by atoms with E-state index in [0.29, 0.717) is 13.0 Å². The van der Waals surface area contributed by atoms with Crippen LogP contribution in [0.3, 0.4) is 0 Å². The van der Waals surface area contributed by atoms with Crippen LogP contribution in [-0.4, -0.2) is 20.9 Å². The molecule has 0 spiro atoms. The lowest BCUT2D eigenvalue weighted by Gasteiger charge is -2.37. The lowest BCUT2D eigenvalue weighted by atomic mass is 10.1. The highest BCUT2D eigenvalue weighted by atomic mass is 127. The molecule has 0 radical (unpaired) electrons. The van der Waals surface area contributed by atoms with Crippen molar-refractivity contribution in [1.29, 1.82) is 0 Å². The van der Waals surface area contributed by atoms with E-state index in [1.807, 2.05) is 12.1 Å². The number of carbonyl (C=O) groups is 1. The van der Waals surface area contributed by atoms with E-state index in [-0.39, 0.29) is 11.0 Å². The Kier molecular flexibility index (Phi) is 7.32. The van der Waals surface area contributed by atoms with Gasteiger partial charge in [-0.1, -0.05) is 39.0 Å². The average molecular weight is 446 g/mol. The predicted molar refractivity (Wildman–Crippen MR) is 106 cm³/mol. The summed E-state index contributed by atoms with van der Waals surface area (Å²) in [5, 5.41) is 0.143. The SMILES string of the molecule is CCOC(=O)/C=C/Cc1cccc(I)c1O[Si](C)(C)C(C)(C)C. The molecule has 128 valence electrons. The minimum absolute atomic E-state index is 0.143. The molecule has 0 atom stereocenters. The second-order valence-corrected chi connectivity index (χ2v) is 12.8. The lowest BCUT2D eigenvalue weighted by Crippen LogP contribution is -2.44. The van der Waals surface area contributed by atoms with E-state index in [0.717, 1.165) is 14.9 Å². The number of halogens is 1. The Morgan fingerprint density at radius 2 is 1.96 bits per heavy atom. The maximum absolute atomic E-state index is 11.4. The highest BCUT2D eigenvalue weighted by Gasteiger charge is 2.39. The summed E-state index contributed by atoms with van der Waals surface area (Å²) in [7, 11) is -1.90. The van der Waals surface area contributed by atoms with Gasteiger partial charge in [0.15, 0.2) is 0 Å². The van der Waals surface area contributed by atoms with Gasteiger partial charge >= 0.3 is 5.97 Å². The van der Waals surface area contributed by atoms with Crippen LogP contribution in [0, 0.1) is 3.57 Å². The zero-order valence-electron chi connectivity index (χ0n) is 14.9. The average Bonchev–Trinajstić information content (AvgIpc) is 2.41. The molecule has 1 aromatic rings. The Bertz CT molecular complexity index is 574. The van der Waals surface area contributed by atoms with Gasteiger partial charge < -0.3 is 9.16 Å².